The molecule has 1 N–H and O–H groups in total. The van der Waals surface area contributed by atoms with Crippen molar-refractivity contribution in [3.8, 4) is 0 Å². The Bertz CT molecular complexity index is 716. The van der Waals surface area contributed by atoms with Gasteiger partial charge in [-0.3, -0.25) is 4.68 Å². The maximum absolute atomic E-state index is 14.0. The van der Waals surface area contributed by atoms with Gasteiger partial charge in [-0.1, -0.05) is 6.42 Å². The normalized spacial score (nSPS) is 27.1. The van der Waals surface area contributed by atoms with Crippen LogP contribution in [0, 0.1) is 11.3 Å². The van der Waals surface area contributed by atoms with Crippen LogP contribution in [0.3, 0.4) is 0 Å². The quantitative estimate of drug-likeness (QED) is 0.838. The standard InChI is InChI=1S/C15H15F5N2O2/c16-14(17)8(13(14)4-1-5-13)6-22-11(12(23)24)9(15(18,19)20)10(21-22)7-2-3-7/h7-8H,1-6H2,(H,23,24). The lowest BCUT2D eigenvalue weighted by Gasteiger charge is -2.26. The largest absolute Gasteiger partial charge is 0.477 e. The first-order valence-corrected chi connectivity index (χ1v) is 7.88. The van der Waals surface area contributed by atoms with Crippen LogP contribution >= 0.6 is 0 Å². The van der Waals surface area contributed by atoms with E-state index in [1.807, 2.05) is 0 Å². The molecule has 1 aromatic rings. The van der Waals surface area contributed by atoms with E-state index >= 15 is 0 Å². The van der Waals surface area contributed by atoms with Crippen LogP contribution in [-0.4, -0.2) is 26.8 Å². The molecule has 0 amide bonds. The van der Waals surface area contributed by atoms with Gasteiger partial charge in [0.05, 0.1) is 18.2 Å². The van der Waals surface area contributed by atoms with Crippen LogP contribution in [0.5, 0.6) is 0 Å². The van der Waals surface area contributed by atoms with Crippen LogP contribution in [0.25, 0.3) is 0 Å². The van der Waals surface area contributed by atoms with Gasteiger partial charge in [0.2, 0.25) is 0 Å². The van der Waals surface area contributed by atoms with E-state index in [9.17, 15) is 31.9 Å². The first-order valence-electron chi connectivity index (χ1n) is 7.88. The van der Waals surface area contributed by atoms with E-state index in [1.165, 1.54) is 0 Å². The van der Waals surface area contributed by atoms with Crippen molar-refractivity contribution in [2.75, 3.05) is 0 Å². The lowest BCUT2D eigenvalue weighted by molar-refractivity contribution is -0.138. The highest BCUT2D eigenvalue weighted by Crippen LogP contribution is 2.75. The molecule has 132 valence electrons. The summed E-state index contributed by atoms with van der Waals surface area (Å²) in [7, 11) is 0. The van der Waals surface area contributed by atoms with E-state index in [0.29, 0.717) is 36.8 Å². The molecule has 1 heterocycles. The molecule has 3 aliphatic carbocycles. The second-order valence-corrected chi connectivity index (χ2v) is 7.05. The summed E-state index contributed by atoms with van der Waals surface area (Å²) in [6.45, 7) is -0.482. The molecule has 0 radical (unpaired) electrons. The number of carbonyl (C=O) groups is 1. The van der Waals surface area contributed by atoms with Crippen molar-refractivity contribution in [2.24, 2.45) is 11.3 Å². The van der Waals surface area contributed by atoms with Crippen molar-refractivity contribution in [1.82, 2.24) is 9.78 Å². The Morgan fingerprint density at radius 1 is 1.29 bits per heavy atom. The van der Waals surface area contributed by atoms with E-state index < -0.39 is 53.1 Å². The summed E-state index contributed by atoms with van der Waals surface area (Å²) in [5.74, 6) is -6.30. The summed E-state index contributed by atoms with van der Waals surface area (Å²) in [4.78, 5) is 11.4. The molecule has 3 saturated carbocycles. The predicted molar refractivity (Wildman–Crippen MR) is 70.9 cm³/mol. The average Bonchev–Trinajstić information content (AvgIpc) is 3.25. The highest BCUT2D eigenvalue weighted by atomic mass is 19.4. The molecule has 1 atom stereocenters. The molecule has 3 aliphatic rings. The molecule has 0 saturated heterocycles. The van der Waals surface area contributed by atoms with Crippen molar-refractivity contribution in [1.29, 1.82) is 0 Å². The van der Waals surface area contributed by atoms with Gasteiger partial charge in [0.25, 0.3) is 5.92 Å². The first kappa shape index (κ1) is 15.8. The van der Waals surface area contributed by atoms with Crippen molar-refractivity contribution in [3.05, 3.63) is 17.0 Å². The van der Waals surface area contributed by atoms with E-state index in [4.69, 9.17) is 0 Å². The van der Waals surface area contributed by atoms with Crippen LogP contribution in [0.1, 0.15) is 59.8 Å². The molecule has 0 aliphatic heterocycles. The molecule has 0 bridgehead atoms. The third-order valence-electron chi connectivity index (χ3n) is 5.72. The van der Waals surface area contributed by atoms with Gasteiger partial charge in [-0.15, -0.1) is 0 Å². The Kier molecular flexibility index (Phi) is 2.96. The molecule has 1 aromatic heterocycles. The van der Waals surface area contributed by atoms with Crippen molar-refractivity contribution < 1.29 is 31.9 Å². The number of rotatable bonds is 4. The minimum atomic E-state index is -4.87. The van der Waals surface area contributed by atoms with Gasteiger partial charge in [-0.25, -0.2) is 13.6 Å². The number of hydrogen-bond acceptors (Lipinski definition) is 2. The van der Waals surface area contributed by atoms with E-state index in [-0.39, 0.29) is 5.69 Å². The third kappa shape index (κ3) is 1.96. The second-order valence-electron chi connectivity index (χ2n) is 7.05. The maximum atomic E-state index is 14.0. The van der Waals surface area contributed by atoms with E-state index in [0.717, 1.165) is 0 Å². The second kappa shape index (κ2) is 4.49. The average molecular weight is 350 g/mol. The Morgan fingerprint density at radius 3 is 2.29 bits per heavy atom. The van der Waals surface area contributed by atoms with Gasteiger partial charge in [-0.05, 0) is 25.7 Å². The number of aromatic nitrogens is 2. The van der Waals surface area contributed by atoms with Crippen LogP contribution in [0.15, 0.2) is 0 Å². The van der Waals surface area contributed by atoms with Crippen molar-refractivity contribution >= 4 is 5.97 Å². The number of nitrogens with zero attached hydrogens (tertiary/aromatic N) is 2. The third-order valence-corrected chi connectivity index (χ3v) is 5.72. The Labute approximate surface area is 133 Å². The summed E-state index contributed by atoms with van der Waals surface area (Å²) in [5.41, 5.74) is -3.76. The highest BCUT2D eigenvalue weighted by molar-refractivity contribution is 5.88. The fourth-order valence-electron chi connectivity index (χ4n) is 4.05. The Morgan fingerprint density at radius 2 is 1.92 bits per heavy atom. The Balaban J connectivity index is 1.75. The van der Waals surface area contributed by atoms with Crippen LogP contribution in [0.2, 0.25) is 0 Å². The smallest absolute Gasteiger partial charge is 0.420 e. The number of aromatic carboxylic acids is 1. The molecule has 1 spiro atoms. The minimum absolute atomic E-state index is 0.313. The molecule has 3 fully saturated rings. The lowest BCUT2D eigenvalue weighted by Crippen LogP contribution is -2.21. The highest BCUT2D eigenvalue weighted by Gasteiger charge is 2.81. The topological polar surface area (TPSA) is 55.1 Å². The summed E-state index contributed by atoms with van der Waals surface area (Å²) in [6, 6.07) is 0. The maximum Gasteiger partial charge on any atom is 0.420 e. The van der Waals surface area contributed by atoms with Gasteiger partial charge in [0.15, 0.2) is 5.69 Å². The van der Waals surface area contributed by atoms with Gasteiger partial charge >= 0.3 is 12.1 Å². The molecular weight excluding hydrogens is 335 g/mol. The Hall–Kier alpha value is -1.67. The molecule has 1 unspecified atom stereocenters. The monoisotopic (exact) mass is 350 g/mol. The van der Waals surface area contributed by atoms with Crippen molar-refractivity contribution in [3.63, 3.8) is 0 Å². The molecule has 24 heavy (non-hydrogen) atoms. The number of carboxylic acid groups (broad SMARTS) is 1. The zero-order valence-corrected chi connectivity index (χ0v) is 12.5. The van der Waals surface area contributed by atoms with Gasteiger partial charge in [0, 0.05) is 11.3 Å². The van der Waals surface area contributed by atoms with Gasteiger partial charge in [0.1, 0.15) is 5.56 Å². The molecular formula is C15H15F5N2O2. The number of alkyl halides is 5. The van der Waals surface area contributed by atoms with Crippen LogP contribution < -0.4 is 0 Å². The minimum Gasteiger partial charge on any atom is -0.477 e. The number of hydrogen-bond donors (Lipinski definition) is 1. The fourth-order valence-corrected chi connectivity index (χ4v) is 4.05. The SMILES string of the molecule is O=C(O)c1c(C(F)(F)F)c(C2CC2)nn1CC1C(F)(F)C12CCC2. The van der Waals surface area contributed by atoms with Crippen LogP contribution in [-0.2, 0) is 12.7 Å². The van der Waals surface area contributed by atoms with E-state index in [2.05, 4.69) is 5.10 Å². The molecule has 9 heteroatoms. The summed E-state index contributed by atoms with van der Waals surface area (Å²) in [6.07, 6.45) is -2.54. The summed E-state index contributed by atoms with van der Waals surface area (Å²) < 4.78 is 68.7. The molecule has 4 nitrogen and oxygen atoms in total. The summed E-state index contributed by atoms with van der Waals surface area (Å²) in [5, 5.41) is 13.1. The zero-order chi connectivity index (χ0) is 17.5. The first-order chi connectivity index (χ1) is 11.1. The number of halogens is 5. The lowest BCUT2D eigenvalue weighted by atomic mass is 9.79. The predicted octanol–water partition coefficient (Wildman–Crippen LogP) is 3.91. The van der Waals surface area contributed by atoms with Crippen molar-refractivity contribution in [2.45, 2.75) is 56.7 Å². The molecule has 0 aromatic carbocycles. The van der Waals surface area contributed by atoms with Gasteiger partial charge < -0.3 is 5.11 Å². The summed E-state index contributed by atoms with van der Waals surface area (Å²) >= 11 is 0. The van der Waals surface area contributed by atoms with Gasteiger partial charge in [-0.2, -0.15) is 18.3 Å². The van der Waals surface area contributed by atoms with E-state index in [1.54, 1.807) is 0 Å². The van der Waals surface area contributed by atoms with Crippen LogP contribution in [0.4, 0.5) is 22.0 Å². The molecule has 4 rings (SSSR count). The number of carboxylic acids is 1. The fraction of sp³-hybridized carbons (Fsp3) is 0.733. The zero-order valence-electron chi connectivity index (χ0n) is 12.5.